The summed E-state index contributed by atoms with van der Waals surface area (Å²) < 4.78 is 5.18. The molecule has 3 N–H and O–H groups in total. The predicted molar refractivity (Wildman–Crippen MR) is 47.8 cm³/mol. The van der Waals surface area contributed by atoms with E-state index in [-0.39, 0.29) is 12.0 Å². The Hall–Kier alpha value is -0.120. The van der Waals surface area contributed by atoms with Crippen molar-refractivity contribution in [2.24, 2.45) is 11.1 Å². The second-order valence-corrected chi connectivity index (χ2v) is 4.34. The molecule has 3 heteroatoms. The molecule has 0 aliphatic carbocycles. The van der Waals surface area contributed by atoms with Crippen molar-refractivity contribution in [1.29, 1.82) is 0 Å². The normalized spacial score (nSPS) is 26.0. The molecule has 1 heterocycles. The van der Waals surface area contributed by atoms with Crippen molar-refractivity contribution >= 4 is 0 Å². The third-order valence-electron chi connectivity index (χ3n) is 2.71. The number of nitrogens with two attached hydrogens (primary N) is 1. The third-order valence-corrected chi connectivity index (χ3v) is 2.71. The Morgan fingerprint density at radius 2 is 2.17 bits per heavy atom. The van der Waals surface area contributed by atoms with Crippen molar-refractivity contribution in [2.75, 3.05) is 19.8 Å². The molecule has 0 saturated carbocycles. The summed E-state index contributed by atoms with van der Waals surface area (Å²) in [4.78, 5) is 0. The summed E-state index contributed by atoms with van der Waals surface area (Å²) >= 11 is 0. The lowest BCUT2D eigenvalue weighted by atomic mass is 9.73. The van der Waals surface area contributed by atoms with E-state index in [1.165, 1.54) is 0 Å². The summed E-state index contributed by atoms with van der Waals surface area (Å²) in [6.45, 7) is 5.69. The van der Waals surface area contributed by atoms with E-state index in [9.17, 15) is 0 Å². The van der Waals surface area contributed by atoms with Gasteiger partial charge >= 0.3 is 0 Å². The highest BCUT2D eigenvalue weighted by Gasteiger charge is 2.41. The molecule has 12 heavy (non-hydrogen) atoms. The Morgan fingerprint density at radius 1 is 1.58 bits per heavy atom. The molecule has 0 spiro atoms. The van der Waals surface area contributed by atoms with Crippen LogP contribution in [-0.2, 0) is 4.74 Å². The van der Waals surface area contributed by atoms with E-state index in [0.717, 1.165) is 26.1 Å². The zero-order valence-corrected chi connectivity index (χ0v) is 7.97. The van der Waals surface area contributed by atoms with Crippen molar-refractivity contribution in [3.8, 4) is 0 Å². The van der Waals surface area contributed by atoms with Crippen LogP contribution in [0.5, 0.6) is 0 Å². The maximum Gasteiger partial charge on any atom is 0.0608 e. The molecule has 0 radical (unpaired) electrons. The van der Waals surface area contributed by atoms with Gasteiger partial charge in [0, 0.05) is 11.0 Å². The van der Waals surface area contributed by atoms with Crippen LogP contribution in [0.15, 0.2) is 0 Å². The SMILES string of the molecule is CCC1(CC(C)(N)CO)COC1. The fraction of sp³-hybridized carbons (Fsp3) is 1.00. The van der Waals surface area contributed by atoms with Crippen molar-refractivity contribution in [3.63, 3.8) is 0 Å². The predicted octanol–water partition coefficient (Wildman–Crippen LogP) is 0.513. The van der Waals surface area contributed by atoms with Crippen LogP contribution in [0.2, 0.25) is 0 Å². The summed E-state index contributed by atoms with van der Waals surface area (Å²) in [7, 11) is 0. The maximum absolute atomic E-state index is 9.01. The monoisotopic (exact) mass is 173 g/mol. The van der Waals surface area contributed by atoms with Crippen molar-refractivity contribution in [3.05, 3.63) is 0 Å². The Kier molecular flexibility index (Phi) is 2.76. The summed E-state index contributed by atoms with van der Waals surface area (Å²) in [6.07, 6.45) is 1.94. The average Bonchev–Trinajstić information content (AvgIpc) is 1.97. The van der Waals surface area contributed by atoms with Gasteiger partial charge in [0.05, 0.1) is 19.8 Å². The molecule has 72 valence electrons. The maximum atomic E-state index is 9.01. The molecule has 1 saturated heterocycles. The largest absolute Gasteiger partial charge is 0.394 e. The van der Waals surface area contributed by atoms with E-state index in [2.05, 4.69) is 6.92 Å². The molecule has 0 aromatic carbocycles. The Morgan fingerprint density at radius 3 is 2.42 bits per heavy atom. The van der Waals surface area contributed by atoms with Gasteiger partial charge in [0.15, 0.2) is 0 Å². The van der Waals surface area contributed by atoms with Crippen LogP contribution < -0.4 is 5.73 Å². The lowest BCUT2D eigenvalue weighted by molar-refractivity contribution is -0.130. The van der Waals surface area contributed by atoms with E-state index in [0.29, 0.717) is 0 Å². The lowest BCUT2D eigenvalue weighted by Crippen LogP contribution is -2.52. The molecular weight excluding hydrogens is 154 g/mol. The third kappa shape index (κ3) is 1.97. The lowest BCUT2D eigenvalue weighted by Gasteiger charge is -2.45. The zero-order valence-electron chi connectivity index (χ0n) is 7.97. The zero-order chi connectivity index (χ0) is 9.24. The molecule has 0 amide bonds. The fourth-order valence-electron chi connectivity index (χ4n) is 1.73. The van der Waals surface area contributed by atoms with Crippen LogP contribution in [0.3, 0.4) is 0 Å². The number of hydrogen-bond donors (Lipinski definition) is 2. The topological polar surface area (TPSA) is 55.5 Å². The van der Waals surface area contributed by atoms with Crippen LogP contribution in [-0.4, -0.2) is 30.5 Å². The van der Waals surface area contributed by atoms with Crippen LogP contribution in [0.1, 0.15) is 26.7 Å². The minimum absolute atomic E-state index is 0.0503. The van der Waals surface area contributed by atoms with Crippen LogP contribution in [0.4, 0.5) is 0 Å². The molecule has 0 aromatic heterocycles. The van der Waals surface area contributed by atoms with E-state index >= 15 is 0 Å². The molecule has 1 aliphatic heterocycles. The van der Waals surface area contributed by atoms with Gasteiger partial charge in [-0.25, -0.2) is 0 Å². The van der Waals surface area contributed by atoms with Crippen molar-refractivity contribution in [1.82, 2.24) is 0 Å². The Labute approximate surface area is 73.9 Å². The van der Waals surface area contributed by atoms with Gasteiger partial charge in [0.25, 0.3) is 0 Å². The minimum atomic E-state index is -0.445. The standard InChI is InChI=1S/C9H19NO2/c1-3-9(6-12-7-9)4-8(2,10)5-11/h11H,3-7,10H2,1-2H3. The molecule has 1 aliphatic rings. The number of hydrogen-bond acceptors (Lipinski definition) is 3. The number of rotatable bonds is 4. The second-order valence-electron chi connectivity index (χ2n) is 4.34. The molecule has 3 nitrogen and oxygen atoms in total. The number of aliphatic hydroxyl groups is 1. The van der Waals surface area contributed by atoms with Crippen molar-refractivity contribution in [2.45, 2.75) is 32.2 Å². The highest BCUT2D eigenvalue weighted by Crippen LogP contribution is 2.38. The quantitative estimate of drug-likeness (QED) is 0.651. The van der Waals surface area contributed by atoms with Crippen molar-refractivity contribution < 1.29 is 9.84 Å². The first kappa shape index (κ1) is 9.96. The van der Waals surface area contributed by atoms with Gasteiger partial charge in [0.1, 0.15) is 0 Å². The highest BCUT2D eigenvalue weighted by molar-refractivity contribution is 4.93. The van der Waals surface area contributed by atoms with Gasteiger partial charge in [-0.05, 0) is 19.8 Å². The molecule has 1 atom stereocenters. The summed E-state index contributed by atoms with van der Waals surface area (Å²) in [5, 5.41) is 9.01. The van der Waals surface area contributed by atoms with Crippen LogP contribution in [0, 0.1) is 5.41 Å². The first-order valence-corrected chi connectivity index (χ1v) is 4.51. The molecule has 0 aromatic rings. The van der Waals surface area contributed by atoms with E-state index < -0.39 is 5.54 Å². The molecule has 1 rings (SSSR count). The van der Waals surface area contributed by atoms with Gasteiger partial charge in [-0.1, -0.05) is 6.92 Å². The van der Waals surface area contributed by atoms with Crippen LogP contribution >= 0.6 is 0 Å². The van der Waals surface area contributed by atoms with Gasteiger partial charge in [-0.3, -0.25) is 0 Å². The first-order chi connectivity index (χ1) is 5.54. The molecule has 1 unspecified atom stereocenters. The van der Waals surface area contributed by atoms with Gasteiger partial charge in [-0.15, -0.1) is 0 Å². The van der Waals surface area contributed by atoms with Gasteiger partial charge in [-0.2, -0.15) is 0 Å². The smallest absolute Gasteiger partial charge is 0.0608 e. The highest BCUT2D eigenvalue weighted by atomic mass is 16.5. The van der Waals surface area contributed by atoms with E-state index in [4.69, 9.17) is 15.6 Å². The molecule has 0 bridgehead atoms. The van der Waals surface area contributed by atoms with E-state index in [1.54, 1.807) is 0 Å². The van der Waals surface area contributed by atoms with Gasteiger partial charge < -0.3 is 15.6 Å². The summed E-state index contributed by atoms with van der Waals surface area (Å²) in [5.41, 5.74) is 5.68. The second kappa shape index (κ2) is 3.32. The fourth-order valence-corrected chi connectivity index (χ4v) is 1.73. The summed E-state index contributed by atoms with van der Waals surface area (Å²) in [6, 6.07) is 0. The minimum Gasteiger partial charge on any atom is -0.394 e. The first-order valence-electron chi connectivity index (χ1n) is 4.51. The van der Waals surface area contributed by atoms with E-state index in [1.807, 2.05) is 6.92 Å². The Balaban J connectivity index is 2.47. The summed E-state index contributed by atoms with van der Waals surface area (Å²) in [5.74, 6) is 0. The van der Waals surface area contributed by atoms with Crippen LogP contribution in [0.25, 0.3) is 0 Å². The molecule has 1 fully saturated rings. The molecular formula is C9H19NO2. The number of aliphatic hydroxyl groups excluding tert-OH is 1. The number of ether oxygens (including phenoxy) is 1. The van der Waals surface area contributed by atoms with Gasteiger partial charge in [0.2, 0.25) is 0 Å². The Bertz CT molecular complexity index is 147. The average molecular weight is 173 g/mol.